The van der Waals surface area contributed by atoms with E-state index in [1.54, 1.807) is 0 Å². The van der Waals surface area contributed by atoms with Crippen molar-refractivity contribution in [2.75, 3.05) is 19.6 Å². The van der Waals surface area contributed by atoms with Gasteiger partial charge in [-0.2, -0.15) is 0 Å². The molecule has 2 N–H and O–H groups in total. The zero-order chi connectivity index (χ0) is 14.7. The number of likely N-dealkylation sites (tertiary alicyclic amines) is 1. The highest BCUT2D eigenvalue weighted by molar-refractivity contribution is 5.67. The number of nitrogens with two attached hydrogens (primary N) is 1. The molecule has 1 atom stereocenters. The first kappa shape index (κ1) is 14.3. The standard InChI is InChI=1S/C19H24N2/c1-15-5-2-3-8-19(15)18-7-4-6-16(11-18)13-21-10-9-17(12-20)14-21/h2-8,11,17H,9-10,12-14,20H2,1H3. The summed E-state index contributed by atoms with van der Waals surface area (Å²) in [6.45, 7) is 6.35. The van der Waals surface area contributed by atoms with Crippen LogP contribution in [-0.4, -0.2) is 24.5 Å². The van der Waals surface area contributed by atoms with Gasteiger partial charge in [0.15, 0.2) is 0 Å². The lowest BCUT2D eigenvalue weighted by atomic mass is 9.99. The lowest BCUT2D eigenvalue weighted by Crippen LogP contribution is -2.22. The van der Waals surface area contributed by atoms with E-state index in [1.807, 2.05) is 0 Å². The molecule has 3 rings (SSSR count). The number of nitrogens with zero attached hydrogens (tertiary/aromatic N) is 1. The van der Waals surface area contributed by atoms with E-state index in [0.717, 1.165) is 19.6 Å². The Balaban J connectivity index is 1.76. The van der Waals surface area contributed by atoms with Crippen LogP contribution < -0.4 is 5.73 Å². The number of hydrogen-bond acceptors (Lipinski definition) is 2. The maximum absolute atomic E-state index is 5.78. The van der Waals surface area contributed by atoms with Crippen molar-refractivity contribution in [3.8, 4) is 11.1 Å². The molecule has 1 aliphatic rings. The molecule has 2 aromatic rings. The van der Waals surface area contributed by atoms with E-state index < -0.39 is 0 Å². The van der Waals surface area contributed by atoms with Crippen LogP contribution in [0, 0.1) is 12.8 Å². The second kappa shape index (κ2) is 6.42. The Hall–Kier alpha value is -1.64. The summed E-state index contributed by atoms with van der Waals surface area (Å²) in [5.74, 6) is 0.685. The largest absolute Gasteiger partial charge is 0.330 e. The Kier molecular flexibility index (Phi) is 4.37. The van der Waals surface area contributed by atoms with Crippen LogP contribution in [-0.2, 0) is 6.54 Å². The van der Waals surface area contributed by atoms with Gasteiger partial charge in [0, 0.05) is 13.1 Å². The lowest BCUT2D eigenvalue weighted by molar-refractivity contribution is 0.318. The van der Waals surface area contributed by atoms with Gasteiger partial charge in [-0.3, -0.25) is 4.90 Å². The summed E-state index contributed by atoms with van der Waals surface area (Å²) in [4.78, 5) is 2.52. The second-order valence-electron chi connectivity index (χ2n) is 6.14. The van der Waals surface area contributed by atoms with Gasteiger partial charge in [0.2, 0.25) is 0 Å². The number of hydrogen-bond donors (Lipinski definition) is 1. The van der Waals surface area contributed by atoms with Crippen molar-refractivity contribution in [1.82, 2.24) is 4.90 Å². The summed E-state index contributed by atoms with van der Waals surface area (Å²) in [6, 6.07) is 17.5. The molecular weight excluding hydrogens is 256 g/mol. The maximum Gasteiger partial charge on any atom is 0.0234 e. The SMILES string of the molecule is Cc1ccccc1-c1cccc(CN2CCC(CN)C2)c1. The Morgan fingerprint density at radius 1 is 1.14 bits per heavy atom. The van der Waals surface area contributed by atoms with Crippen LogP contribution in [0.2, 0.25) is 0 Å². The quantitative estimate of drug-likeness (QED) is 0.929. The molecule has 1 unspecified atom stereocenters. The fraction of sp³-hybridized carbons (Fsp3) is 0.368. The van der Waals surface area contributed by atoms with Gasteiger partial charge in [0.25, 0.3) is 0 Å². The van der Waals surface area contributed by atoms with Crippen molar-refractivity contribution in [1.29, 1.82) is 0 Å². The Morgan fingerprint density at radius 2 is 2.00 bits per heavy atom. The minimum Gasteiger partial charge on any atom is -0.330 e. The Morgan fingerprint density at radius 3 is 2.76 bits per heavy atom. The molecule has 0 aliphatic carbocycles. The molecular formula is C19H24N2. The molecule has 1 fully saturated rings. The number of aryl methyl sites for hydroxylation is 1. The summed E-state index contributed by atoms with van der Waals surface area (Å²) in [5.41, 5.74) is 11.2. The molecule has 0 spiro atoms. The first-order valence-corrected chi connectivity index (χ1v) is 7.83. The van der Waals surface area contributed by atoms with E-state index in [0.29, 0.717) is 5.92 Å². The molecule has 1 saturated heterocycles. The van der Waals surface area contributed by atoms with Gasteiger partial charge in [-0.1, -0.05) is 42.5 Å². The van der Waals surface area contributed by atoms with Gasteiger partial charge in [0.1, 0.15) is 0 Å². The van der Waals surface area contributed by atoms with Crippen molar-refractivity contribution >= 4 is 0 Å². The molecule has 2 nitrogen and oxygen atoms in total. The van der Waals surface area contributed by atoms with Crippen molar-refractivity contribution in [3.63, 3.8) is 0 Å². The highest BCUT2D eigenvalue weighted by atomic mass is 15.1. The summed E-state index contributed by atoms with van der Waals surface area (Å²) >= 11 is 0. The van der Waals surface area contributed by atoms with Gasteiger partial charge in [0.05, 0.1) is 0 Å². The zero-order valence-electron chi connectivity index (χ0n) is 12.8. The number of benzene rings is 2. The maximum atomic E-state index is 5.78. The lowest BCUT2D eigenvalue weighted by Gasteiger charge is -2.16. The molecule has 0 saturated carbocycles. The van der Waals surface area contributed by atoms with Gasteiger partial charge in [-0.25, -0.2) is 0 Å². The highest BCUT2D eigenvalue weighted by Gasteiger charge is 2.20. The number of rotatable bonds is 4. The molecule has 1 heterocycles. The molecule has 2 aromatic carbocycles. The van der Waals surface area contributed by atoms with Crippen molar-refractivity contribution in [2.24, 2.45) is 11.7 Å². The van der Waals surface area contributed by atoms with E-state index in [9.17, 15) is 0 Å². The summed E-state index contributed by atoms with van der Waals surface area (Å²) < 4.78 is 0. The summed E-state index contributed by atoms with van der Waals surface area (Å²) in [5, 5.41) is 0. The molecule has 0 amide bonds. The van der Waals surface area contributed by atoms with Crippen LogP contribution in [0.3, 0.4) is 0 Å². The minimum atomic E-state index is 0.685. The van der Waals surface area contributed by atoms with Gasteiger partial charge < -0.3 is 5.73 Å². The molecule has 1 aliphatic heterocycles. The zero-order valence-corrected chi connectivity index (χ0v) is 12.8. The first-order valence-electron chi connectivity index (χ1n) is 7.83. The van der Waals surface area contributed by atoms with Crippen LogP contribution >= 0.6 is 0 Å². The average Bonchev–Trinajstić information content (AvgIpc) is 2.96. The van der Waals surface area contributed by atoms with Crippen molar-refractivity contribution < 1.29 is 0 Å². The molecule has 110 valence electrons. The van der Waals surface area contributed by atoms with E-state index in [2.05, 4.69) is 60.4 Å². The molecule has 0 bridgehead atoms. The second-order valence-corrected chi connectivity index (χ2v) is 6.14. The van der Waals surface area contributed by atoms with Crippen molar-refractivity contribution in [3.05, 3.63) is 59.7 Å². The third-order valence-electron chi connectivity index (χ3n) is 4.49. The van der Waals surface area contributed by atoms with Gasteiger partial charge in [-0.15, -0.1) is 0 Å². The van der Waals surface area contributed by atoms with E-state index >= 15 is 0 Å². The molecule has 21 heavy (non-hydrogen) atoms. The van der Waals surface area contributed by atoms with Crippen LogP contribution in [0.25, 0.3) is 11.1 Å². The molecule has 0 aromatic heterocycles. The van der Waals surface area contributed by atoms with Crippen LogP contribution in [0.4, 0.5) is 0 Å². The van der Waals surface area contributed by atoms with E-state index in [4.69, 9.17) is 5.73 Å². The highest BCUT2D eigenvalue weighted by Crippen LogP contribution is 2.25. The average molecular weight is 280 g/mol. The predicted octanol–water partition coefficient (Wildman–Crippen LogP) is 3.44. The third kappa shape index (κ3) is 3.34. The fourth-order valence-electron chi connectivity index (χ4n) is 3.24. The normalized spacial score (nSPS) is 19.0. The monoisotopic (exact) mass is 280 g/mol. The predicted molar refractivity (Wildman–Crippen MR) is 89.1 cm³/mol. The fourth-order valence-corrected chi connectivity index (χ4v) is 3.24. The smallest absolute Gasteiger partial charge is 0.0234 e. The topological polar surface area (TPSA) is 29.3 Å². The van der Waals surface area contributed by atoms with E-state index in [-0.39, 0.29) is 0 Å². The minimum absolute atomic E-state index is 0.685. The summed E-state index contributed by atoms with van der Waals surface area (Å²) in [6.07, 6.45) is 1.24. The molecule has 0 radical (unpaired) electrons. The summed E-state index contributed by atoms with van der Waals surface area (Å²) in [7, 11) is 0. The van der Waals surface area contributed by atoms with Crippen LogP contribution in [0.5, 0.6) is 0 Å². The van der Waals surface area contributed by atoms with Crippen LogP contribution in [0.1, 0.15) is 17.5 Å². The van der Waals surface area contributed by atoms with Gasteiger partial charge >= 0.3 is 0 Å². The van der Waals surface area contributed by atoms with Crippen molar-refractivity contribution in [2.45, 2.75) is 19.9 Å². The Labute approximate surface area is 127 Å². The van der Waals surface area contributed by atoms with E-state index in [1.165, 1.54) is 35.2 Å². The van der Waals surface area contributed by atoms with Crippen LogP contribution in [0.15, 0.2) is 48.5 Å². The van der Waals surface area contributed by atoms with Gasteiger partial charge in [-0.05, 0) is 60.7 Å². The first-order chi connectivity index (χ1) is 10.3. The third-order valence-corrected chi connectivity index (χ3v) is 4.49. The Bertz CT molecular complexity index is 606. The molecule has 2 heteroatoms.